The van der Waals surface area contributed by atoms with Crippen LogP contribution in [0.15, 0.2) is 30.5 Å². The second-order valence-electron chi connectivity index (χ2n) is 3.22. The molecule has 1 aromatic carbocycles. The highest BCUT2D eigenvalue weighted by molar-refractivity contribution is 5.83. The smallest absolute Gasteiger partial charge is 0.323 e. The average Bonchev–Trinajstić information content (AvgIpc) is 2.60. The van der Waals surface area contributed by atoms with E-state index in [4.69, 9.17) is 10.4 Å². The van der Waals surface area contributed by atoms with E-state index < -0.39 is 5.97 Å². The lowest BCUT2D eigenvalue weighted by Crippen LogP contribution is -2.07. The van der Waals surface area contributed by atoms with Crippen LogP contribution in [-0.2, 0) is 11.3 Å². The van der Waals surface area contributed by atoms with Crippen molar-refractivity contribution in [1.29, 1.82) is 5.26 Å². The van der Waals surface area contributed by atoms with Crippen LogP contribution in [-0.4, -0.2) is 15.6 Å². The lowest BCUT2D eigenvalue weighted by molar-refractivity contribution is -0.137. The molecule has 0 amide bonds. The summed E-state index contributed by atoms with van der Waals surface area (Å²) in [5, 5.41) is 18.3. The maximum Gasteiger partial charge on any atom is 0.323 e. The first-order chi connectivity index (χ1) is 7.20. The molecule has 1 heterocycles. The van der Waals surface area contributed by atoms with Crippen molar-refractivity contribution in [1.82, 2.24) is 4.57 Å². The third kappa shape index (κ3) is 1.67. The van der Waals surface area contributed by atoms with Gasteiger partial charge >= 0.3 is 5.97 Å². The van der Waals surface area contributed by atoms with E-state index in [9.17, 15) is 4.79 Å². The fourth-order valence-electron chi connectivity index (χ4n) is 1.55. The number of hydrogen-bond acceptors (Lipinski definition) is 2. The van der Waals surface area contributed by atoms with Gasteiger partial charge in [0.1, 0.15) is 6.54 Å². The molecule has 0 aliphatic carbocycles. The minimum Gasteiger partial charge on any atom is -0.480 e. The van der Waals surface area contributed by atoms with E-state index in [-0.39, 0.29) is 6.54 Å². The maximum absolute atomic E-state index is 10.6. The Morgan fingerprint density at radius 2 is 2.27 bits per heavy atom. The summed E-state index contributed by atoms with van der Waals surface area (Å²) in [6.45, 7) is -0.0601. The summed E-state index contributed by atoms with van der Waals surface area (Å²) in [6, 6.07) is 9.03. The Morgan fingerprint density at radius 3 is 2.93 bits per heavy atom. The van der Waals surface area contributed by atoms with Crippen molar-refractivity contribution >= 4 is 16.9 Å². The number of nitrogens with zero attached hydrogens (tertiary/aromatic N) is 2. The van der Waals surface area contributed by atoms with Gasteiger partial charge in [-0.2, -0.15) is 5.26 Å². The molecule has 0 saturated carbocycles. The zero-order chi connectivity index (χ0) is 10.8. The van der Waals surface area contributed by atoms with Crippen molar-refractivity contribution in [2.45, 2.75) is 6.54 Å². The van der Waals surface area contributed by atoms with Gasteiger partial charge in [0.05, 0.1) is 11.6 Å². The van der Waals surface area contributed by atoms with Gasteiger partial charge in [-0.15, -0.1) is 0 Å². The molecule has 0 aliphatic heterocycles. The second-order valence-corrected chi connectivity index (χ2v) is 3.22. The topological polar surface area (TPSA) is 66.0 Å². The number of carboxylic acids is 1. The molecule has 0 bridgehead atoms. The molecule has 74 valence electrons. The predicted octanol–water partition coefficient (Wildman–Crippen LogP) is 1.60. The number of hydrogen-bond donors (Lipinski definition) is 1. The Balaban J connectivity index is 2.53. The molecule has 0 spiro atoms. The molecule has 15 heavy (non-hydrogen) atoms. The first-order valence-corrected chi connectivity index (χ1v) is 4.41. The zero-order valence-electron chi connectivity index (χ0n) is 7.84. The van der Waals surface area contributed by atoms with Gasteiger partial charge in [0.25, 0.3) is 0 Å². The minimum absolute atomic E-state index is 0.0601. The number of carbonyl (C=O) groups is 1. The van der Waals surface area contributed by atoms with Crippen molar-refractivity contribution in [3.05, 3.63) is 36.0 Å². The molecular formula is C11H8N2O2. The number of fused-ring (bicyclic) bond motifs is 1. The molecule has 2 aromatic rings. The van der Waals surface area contributed by atoms with Crippen LogP contribution in [0, 0.1) is 11.3 Å². The summed E-state index contributed by atoms with van der Waals surface area (Å²) < 4.78 is 1.64. The molecule has 1 aromatic heterocycles. The van der Waals surface area contributed by atoms with Gasteiger partial charge in [-0.1, -0.05) is 0 Å². The van der Waals surface area contributed by atoms with Crippen molar-refractivity contribution in [3.63, 3.8) is 0 Å². The molecule has 0 unspecified atom stereocenters. The molecule has 4 nitrogen and oxygen atoms in total. The first-order valence-electron chi connectivity index (χ1n) is 4.41. The first kappa shape index (κ1) is 9.28. The number of rotatable bonds is 2. The third-order valence-corrected chi connectivity index (χ3v) is 2.21. The van der Waals surface area contributed by atoms with Gasteiger partial charge in [0.15, 0.2) is 0 Å². The van der Waals surface area contributed by atoms with Crippen LogP contribution in [0.1, 0.15) is 5.56 Å². The third-order valence-electron chi connectivity index (χ3n) is 2.21. The lowest BCUT2D eigenvalue weighted by atomic mass is 10.2. The van der Waals surface area contributed by atoms with Gasteiger partial charge in [-0.3, -0.25) is 4.79 Å². The predicted molar refractivity (Wildman–Crippen MR) is 54.3 cm³/mol. The fraction of sp³-hybridized carbons (Fsp3) is 0.0909. The second kappa shape index (κ2) is 3.46. The van der Waals surface area contributed by atoms with E-state index in [1.165, 1.54) is 0 Å². The zero-order valence-corrected chi connectivity index (χ0v) is 7.84. The van der Waals surface area contributed by atoms with Gasteiger partial charge < -0.3 is 9.67 Å². The highest BCUT2D eigenvalue weighted by Crippen LogP contribution is 2.17. The quantitative estimate of drug-likeness (QED) is 0.800. The molecule has 0 aliphatic rings. The average molecular weight is 200 g/mol. The van der Waals surface area contributed by atoms with Crippen LogP contribution < -0.4 is 0 Å². The Bertz CT molecular complexity index is 563. The van der Waals surface area contributed by atoms with Crippen molar-refractivity contribution < 1.29 is 9.90 Å². The number of benzene rings is 1. The highest BCUT2D eigenvalue weighted by Gasteiger charge is 2.04. The number of carboxylic acid groups (broad SMARTS) is 1. The number of nitriles is 1. The SMILES string of the molecule is N#Cc1ccc2c(ccn2CC(=O)O)c1. The van der Waals surface area contributed by atoms with Crippen LogP contribution in [0.4, 0.5) is 0 Å². The summed E-state index contributed by atoms with van der Waals surface area (Å²) in [7, 11) is 0. The summed E-state index contributed by atoms with van der Waals surface area (Å²) in [4.78, 5) is 10.6. The maximum atomic E-state index is 10.6. The van der Waals surface area contributed by atoms with Crippen LogP contribution in [0.25, 0.3) is 10.9 Å². The molecule has 0 saturated heterocycles. The molecule has 0 fully saturated rings. The molecule has 1 N–H and O–H groups in total. The summed E-state index contributed by atoms with van der Waals surface area (Å²) in [5.74, 6) is -0.878. The molecule has 0 atom stereocenters. The van der Waals surface area contributed by atoms with Gasteiger partial charge in [0, 0.05) is 17.1 Å². The molecule has 0 radical (unpaired) electrons. The molecule has 4 heteroatoms. The van der Waals surface area contributed by atoms with Crippen molar-refractivity contribution in [3.8, 4) is 6.07 Å². The largest absolute Gasteiger partial charge is 0.480 e. The Morgan fingerprint density at radius 1 is 1.47 bits per heavy atom. The van der Waals surface area contributed by atoms with Gasteiger partial charge in [-0.25, -0.2) is 0 Å². The van der Waals surface area contributed by atoms with Crippen LogP contribution in [0.3, 0.4) is 0 Å². The van der Waals surface area contributed by atoms with Crippen LogP contribution in [0.2, 0.25) is 0 Å². The normalized spacial score (nSPS) is 10.1. The summed E-state index contributed by atoms with van der Waals surface area (Å²) in [5.41, 5.74) is 1.41. The van der Waals surface area contributed by atoms with Gasteiger partial charge in [-0.05, 0) is 24.3 Å². The van der Waals surface area contributed by atoms with Crippen LogP contribution in [0.5, 0.6) is 0 Å². The van der Waals surface area contributed by atoms with E-state index in [0.29, 0.717) is 5.56 Å². The van der Waals surface area contributed by atoms with E-state index in [1.54, 1.807) is 35.0 Å². The van der Waals surface area contributed by atoms with E-state index in [0.717, 1.165) is 10.9 Å². The summed E-state index contributed by atoms with van der Waals surface area (Å²) >= 11 is 0. The van der Waals surface area contributed by atoms with Crippen LogP contribution >= 0.6 is 0 Å². The molecule has 2 rings (SSSR count). The fourth-order valence-corrected chi connectivity index (χ4v) is 1.55. The highest BCUT2D eigenvalue weighted by atomic mass is 16.4. The van der Waals surface area contributed by atoms with Crippen molar-refractivity contribution in [2.24, 2.45) is 0 Å². The monoisotopic (exact) mass is 200 g/mol. The van der Waals surface area contributed by atoms with E-state index in [2.05, 4.69) is 0 Å². The van der Waals surface area contributed by atoms with E-state index >= 15 is 0 Å². The Labute approximate surface area is 86.0 Å². The van der Waals surface area contributed by atoms with E-state index in [1.807, 2.05) is 6.07 Å². The molecular weight excluding hydrogens is 192 g/mol. The number of aliphatic carboxylic acids is 1. The lowest BCUT2D eigenvalue weighted by Gasteiger charge is -2.00. The Kier molecular flexibility index (Phi) is 2.14. The summed E-state index contributed by atoms with van der Waals surface area (Å²) in [6.07, 6.45) is 1.71. The number of aromatic nitrogens is 1. The van der Waals surface area contributed by atoms with Crippen molar-refractivity contribution in [2.75, 3.05) is 0 Å². The minimum atomic E-state index is -0.878. The standard InChI is InChI=1S/C11H8N2O2/c12-6-8-1-2-10-9(5-8)3-4-13(10)7-11(14)15/h1-5H,7H2,(H,14,15). The Hall–Kier alpha value is -2.28. The van der Waals surface area contributed by atoms with Gasteiger partial charge in [0.2, 0.25) is 0 Å².